The molecule has 0 bridgehead atoms. The Balaban J connectivity index is 1.04. The molecular formula is C49H62N6O10S. The average Bonchev–Trinajstić information content (AvgIpc) is 4.24. The number of methoxy groups -OCH3 is 1. The molecule has 1 aromatic carbocycles. The van der Waals surface area contributed by atoms with Gasteiger partial charge in [-0.2, -0.15) is 0 Å². The molecule has 6 aliphatic rings. The van der Waals surface area contributed by atoms with E-state index in [1.54, 1.807) is 19.4 Å². The maximum Gasteiger partial charge on any atom is 0.408 e. The molecule has 3 N–H and O–H groups in total. The first-order valence-corrected chi connectivity index (χ1v) is 25.2. The molecule has 17 heteroatoms. The molecule has 1 saturated heterocycles. The molecule has 2 unspecified atom stereocenters. The number of alkyl carbamates (subject to hydrolysis) is 1. The molecule has 2 aromatic heterocycles. The van der Waals surface area contributed by atoms with E-state index in [1.165, 1.54) is 4.90 Å². The van der Waals surface area contributed by atoms with E-state index in [0.717, 1.165) is 24.6 Å². The van der Waals surface area contributed by atoms with Crippen LogP contribution in [-0.4, -0.2) is 102 Å². The van der Waals surface area contributed by atoms with Crippen LogP contribution in [0.25, 0.3) is 22.2 Å². The summed E-state index contributed by atoms with van der Waals surface area (Å²) >= 11 is 0. The first kappa shape index (κ1) is 45.7. The molecule has 5 fully saturated rings. The molecule has 3 aromatic rings. The fourth-order valence-corrected chi connectivity index (χ4v) is 12.0. The topological polar surface area (TPSA) is 204 Å². The standard InChI is InChI=1S/C49H62N6O10S/c1-26(2)63-33-12-16-40(50-24-33)41-19-30-18-32(62-6)11-15-37(30)45(51-41)64-35-22-42-44(56)53-49(47(58)54-66(60,61)36-13-14-36)23-31(49)10-8-7-9-27(3)17-28(4)43(46(57)55(42)25-35)52-48(59)65-34-20-38-29(5)39(38)21-34/h8,10-12,15-16,18-19,24,26-29,31,34-36,38-39,42-43H,7,9,13-14,17,20-23,25H2,1-6H3,(H,52,59)(H,53,56)(H,54,58)/b10-8-/t27-,28-,29?,31-,34?,35-,38?,39?,42+,43+,49-/m1/s1. The van der Waals surface area contributed by atoms with Crippen LogP contribution in [0.15, 0.2) is 54.7 Å². The fraction of sp³-hybridized carbons (Fsp3) is 0.592. The average molecular weight is 927 g/mol. The van der Waals surface area contributed by atoms with Gasteiger partial charge in [-0.1, -0.05) is 32.9 Å². The summed E-state index contributed by atoms with van der Waals surface area (Å²) in [7, 11) is -2.35. The Morgan fingerprint density at radius 2 is 1.70 bits per heavy atom. The Hall–Kier alpha value is -5.45. The number of fused-ring (bicyclic) bond motifs is 4. The van der Waals surface area contributed by atoms with Crippen LogP contribution in [0.4, 0.5) is 4.79 Å². The quantitative estimate of drug-likeness (QED) is 0.188. The maximum atomic E-state index is 15.2. The maximum absolute atomic E-state index is 15.2. The van der Waals surface area contributed by atoms with Gasteiger partial charge < -0.3 is 34.5 Å². The molecule has 9 atom stereocenters. The summed E-state index contributed by atoms with van der Waals surface area (Å²) in [5.74, 6) is 0.621. The predicted octanol–water partition coefficient (Wildman–Crippen LogP) is 6.08. The second-order valence-electron chi connectivity index (χ2n) is 20.0. The van der Waals surface area contributed by atoms with Crippen LogP contribution in [-0.2, 0) is 29.1 Å². The minimum absolute atomic E-state index is 0.00415. The Morgan fingerprint density at radius 1 is 0.939 bits per heavy atom. The zero-order valence-electron chi connectivity index (χ0n) is 38.5. The van der Waals surface area contributed by atoms with Crippen molar-refractivity contribution < 1.29 is 46.5 Å². The SMILES string of the molecule is COc1ccc2c(O[C@@H]3C[C@H]4C(=O)N[C@]5(C(=O)NS(=O)(=O)C6CC6)C[C@H]5/C=C\CC[C@@H](C)C[C@@H](C)[C@H](NC(=O)OC5CC6C(C)C6C5)C(=O)N4C3)nc(-c3ccc(OC(C)C)cn3)cc2c1. The van der Waals surface area contributed by atoms with Crippen LogP contribution >= 0.6 is 0 Å². The van der Waals surface area contributed by atoms with E-state index in [9.17, 15) is 22.8 Å². The van der Waals surface area contributed by atoms with Gasteiger partial charge in [0, 0.05) is 17.7 Å². The number of amides is 4. The van der Waals surface area contributed by atoms with Crippen LogP contribution in [0, 0.1) is 35.5 Å². The molecular weight excluding hydrogens is 865 g/mol. The molecule has 66 heavy (non-hydrogen) atoms. The lowest BCUT2D eigenvalue weighted by Crippen LogP contribution is -2.59. The number of rotatable bonds is 11. The molecule has 2 aliphatic heterocycles. The van der Waals surface area contributed by atoms with Crippen LogP contribution < -0.4 is 29.6 Å². The molecule has 4 saturated carbocycles. The number of hydrogen-bond donors (Lipinski definition) is 3. The highest BCUT2D eigenvalue weighted by molar-refractivity contribution is 7.91. The number of carbonyl (C=O) groups is 4. The predicted molar refractivity (Wildman–Crippen MR) is 245 cm³/mol. The molecule has 4 amide bonds. The van der Waals surface area contributed by atoms with E-state index >= 15 is 4.79 Å². The van der Waals surface area contributed by atoms with Crippen LogP contribution in [0.5, 0.6) is 17.4 Å². The van der Waals surface area contributed by atoms with Crippen molar-refractivity contribution >= 4 is 44.6 Å². The number of carbonyl (C=O) groups excluding carboxylic acids is 4. The molecule has 0 radical (unpaired) electrons. The summed E-state index contributed by atoms with van der Waals surface area (Å²) in [6, 6.07) is 8.78. The van der Waals surface area contributed by atoms with Crippen LogP contribution in [0.3, 0.4) is 0 Å². The van der Waals surface area contributed by atoms with E-state index < -0.39 is 68.7 Å². The molecule has 16 nitrogen and oxygen atoms in total. The minimum Gasteiger partial charge on any atom is -0.497 e. The van der Waals surface area contributed by atoms with Crippen molar-refractivity contribution in [3.05, 3.63) is 54.7 Å². The van der Waals surface area contributed by atoms with Gasteiger partial charge in [0.2, 0.25) is 27.7 Å². The van der Waals surface area contributed by atoms with E-state index in [4.69, 9.17) is 23.9 Å². The zero-order chi connectivity index (χ0) is 46.7. The van der Waals surface area contributed by atoms with Gasteiger partial charge in [0.15, 0.2) is 0 Å². The number of aromatic nitrogens is 2. The van der Waals surface area contributed by atoms with Gasteiger partial charge >= 0.3 is 6.09 Å². The van der Waals surface area contributed by atoms with E-state index in [2.05, 4.69) is 34.2 Å². The smallest absolute Gasteiger partial charge is 0.408 e. The summed E-state index contributed by atoms with van der Waals surface area (Å²) in [5.41, 5.74) is -0.482. The first-order valence-electron chi connectivity index (χ1n) is 23.6. The third kappa shape index (κ3) is 9.54. The molecule has 0 spiro atoms. The Labute approximate surface area is 386 Å². The fourth-order valence-electron chi connectivity index (χ4n) is 10.6. The molecule has 9 rings (SSSR count). The van der Waals surface area contributed by atoms with Crippen molar-refractivity contribution in [1.82, 2.24) is 30.2 Å². The number of benzene rings is 1. The number of allylic oxidation sites excluding steroid dienone is 1. The number of nitrogens with one attached hydrogen (secondary N) is 3. The van der Waals surface area contributed by atoms with Gasteiger partial charge in [0.25, 0.3) is 5.91 Å². The lowest BCUT2D eigenvalue weighted by Gasteiger charge is -2.33. The highest BCUT2D eigenvalue weighted by atomic mass is 32.2. The Morgan fingerprint density at radius 3 is 2.39 bits per heavy atom. The van der Waals surface area contributed by atoms with E-state index in [0.29, 0.717) is 71.7 Å². The number of nitrogens with zero attached hydrogens (tertiary/aromatic N) is 3. The molecule has 4 heterocycles. The Bertz CT molecular complexity index is 2500. The normalized spacial score (nSPS) is 32.4. The van der Waals surface area contributed by atoms with Gasteiger partial charge in [0.05, 0.1) is 42.6 Å². The summed E-state index contributed by atoms with van der Waals surface area (Å²) in [6.45, 7) is 10.1. The number of sulfonamides is 1. The molecule has 4 aliphatic carbocycles. The van der Waals surface area contributed by atoms with Crippen molar-refractivity contribution in [1.29, 1.82) is 0 Å². The van der Waals surface area contributed by atoms with Gasteiger partial charge in [0.1, 0.15) is 41.3 Å². The van der Waals surface area contributed by atoms with Gasteiger partial charge in [-0.05, 0) is 137 Å². The van der Waals surface area contributed by atoms with Gasteiger partial charge in [-0.15, -0.1) is 0 Å². The first-order chi connectivity index (χ1) is 31.5. The third-order valence-electron chi connectivity index (χ3n) is 14.6. The monoisotopic (exact) mass is 926 g/mol. The van der Waals surface area contributed by atoms with Crippen molar-refractivity contribution in [2.75, 3.05) is 13.7 Å². The summed E-state index contributed by atoms with van der Waals surface area (Å²) in [6.07, 6.45) is 8.53. The second-order valence-corrected chi connectivity index (χ2v) is 22.0. The number of hydrogen-bond acceptors (Lipinski definition) is 12. The lowest BCUT2D eigenvalue weighted by molar-refractivity contribution is -0.142. The lowest BCUT2D eigenvalue weighted by atomic mass is 9.88. The van der Waals surface area contributed by atoms with Crippen molar-refractivity contribution in [3.8, 4) is 28.8 Å². The highest BCUT2D eigenvalue weighted by Crippen LogP contribution is 2.57. The highest BCUT2D eigenvalue weighted by Gasteiger charge is 2.62. The van der Waals surface area contributed by atoms with E-state index in [-0.39, 0.29) is 49.3 Å². The van der Waals surface area contributed by atoms with Crippen LogP contribution in [0.1, 0.15) is 92.4 Å². The number of ether oxygens (including phenoxy) is 4. The Kier molecular flexibility index (Phi) is 12.4. The van der Waals surface area contributed by atoms with Crippen molar-refractivity contribution in [2.45, 2.75) is 134 Å². The summed E-state index contributed by atoms with van der Waals surface area (Å²) in [4.78, 5) is 68.7. The van der Waals surface area contributed by atoms with Crippen molar-refractivity contribution in [3.63, 3.8) is 0 Å². The second kappa shape index (κ2) is 18.0. The third-order valence-corrected chi connectivity index (χ3v) is 16.5. The number of pyridine rings is 2. The zero-order valence-corrected chi connectivity index (χ0v) is 39.3. The van der Waals surface area contributed by atoms with Crippen LogP contribution in [0.2, 0.25) is 0 Å². The minimum atomic E-state index is -3.94. The van der Waals surface area contributed by atoms with Gasteiger partial charge in [-0.3, -0.25) is 24.1 Å². The van der Waals surface area contributed by atoms with Crippen molar-refractivity contribution in [2.24, 2.45) is 35.5 Å². The van der Waals surface area contributed by atoms with Gasteiger partial charge in [-0.25, -0.2) is 18.2 Å². The summed E-state index contributed by atoms with van der Waals surface area (Å²) in [5, 5.41) is 6.64. The van der Waals surface area contributed by atoms with E-state index in [1.807, 2.05) is 63.3 Å². The summed E-state index contributed by atoms with van der Waals surface area (Å²) < 4.78 is 52.5. The largest absolute Gasteiger partial charge is 0.497 e. The molecule has 354 valence electrons.